The van der Waals surface area contributed by atoms with E-state index in [0.29, 0.717) is 0 Å². The summed E-state index contributed by atoms with van der Waals surface area (Å²) in [6.45, 7) is 0. The Labute approximate surface area is 60.4 Å². The summed E-state index contributed by atoms with van der Waals surface area (Å²) in [4.78, 5) is 25.3. The second-order valence-electron chi connectivity index (χ2n) is 1.72. The Bertz CT molecular complexity index is 276. The van der Waals surface area contributed by atoms with E-state index in [2.05, 4.69) is 9.97 Å². The van der Waals surface area contributed by atoms with Crippen LogP contribution in [0.4, 0.5) is 5.82 Å². The van der Waals surface area contributed by atoms with Gasteiger partial charge in [-0.15, -0.1) is 0 Å². The highest BCUT2D eigenvalue weighted by Gasteiger charge is 2.19. The second-order valence-corrected chi connectivity index (χ2v) is 1.72. The van der Waals surface area contributed by atoms with Gasteiger partial charge in [-0.1, -0.05) is 0 Å². The summed E-state index contributed by atoms with van der Waals surface area (Å²) in [5.74, 6) is -1.39. The molecule has 0 aliphatic heterocycles. The van der Waals surface area contributed by atoms with Crippen LogP contribution in [0.5, 0.6) is 0 Å². The normalized spacial score (nSPS) is 9.45. The Balaban J connectivity index is 3.16. The fourth-order valence-electron chi connectivity index (χ4n) is 0.607. The zero-order valence-corrected chi connectivity index (χ0v) is 5.27. The predicted octanol–water partition coefficient (Wildman–Crippen LogP) is -0.583. The van der Waals surface area contributed by atoms with Crippen LogP contribution in [0.3, 0.4) is 0 Å². The van der Waals surface area contributed by atoms with Gasteiger partial charge in [-0.25, -0.2) is 9.97 Å². The van der Waals surface area contributed by atoms with E-state index in [-0.39, 0.29) is 5.69 Å². The van der Waals surface area contributed by atoms with Gasteiger partial charge in [0, 0.05) is 0 Å². The number of nitrogens with two attached hydrogens (primary N) is 1. The molecule has 11 heavy (non-hydrogen) atoms. The van der Waals surface area contributed by atoms with Crippen molar-refractivity contribution >= 4 is 11.7 Å². The van der Waals surface area contributed by atoms with Crippen molar-refractivity contribution in [1.29, 1.82) is 0 Å². The number of hydrogen-bond acceptors (Lipinski definition) is 4. The van der Waals surface area contributed by atoms with E-state index in [4.69, 9.17) is 5.73 Å². The highest BCUT2D eigenvalue weighted by Crippen LogP contribution is 2.10. The van der Waals surface area contributed by atoms with Gasteiger partial charge in [0.05, 0.1) is 0 Å². The number of aromatic amines is 1. The lowest BCUT2D eigenvalue weighted by molar-refractivity contribution is -0.389. The molecule has 0 aliphatic carbocycles. The molecule has 0 unspecified atom stereocenters. The topological polar surface area (TPSA) is 115 Å². The Hall–Kier alpha value is -1.92. The Morgan fingerprint density at radius 3 is 2.82 bits per heavy atom. The molecule has 1 rings (SSSR count). The van der Waals surface area contributed by atoms with Crippen molar-refractivity contribution in [3.05, 3.63) is 22.1 Å². The second kappa shape index (κ2) is 2.37. The van der Waals surface area contributed by atoms with Crippen molar-refractivity contribution in [2.75, 3.05) is 0 Å². The van der Waals surface area contributed by atoms with Gasteiger partial charge in [0.1, 0.15) is 0 Å². The summed E-state index contributed by atoms with van der Waals surface area (Å²) >= 11 is 0. The molecule has 7 heteroatoms. The minimum Gasteiger partial charge on any atom is -0.364 e. The summed E-state index contributed by atoms with van der Waals surface area (Å²) in [7, 11) is 0. The van der Waals surface area contributed by atoms with Crippen LogP contribution in [0.25, 0.3) is 0 Å². The van der Waals surface area contributed by atoms with Gasteiger partial charge in [-0.3, -0.25) is 4.79 Å². The van der Waals surface area contributed by atoms with Gasteiger partial charge in [0.2, 0.25) is 5.69 Å². The third-order valence-electron chi connectivity index (χ3n) is 1.04. The van der Waals surface area contributed by atoms with E-state index >= 15 is 0 Å². The molecule has 0 spiro atoms. The van der Waals surface area contributed by atoms with Gasteiger partial charge >= 0.3 is 5.82 Å². The standard InChI is InChI=1S/C4H4N4O3/c5-3(9)2-4(8(10)11)7-1-6-2/h1H,(H2,5,9)(H,6,7). The van der Waals surface area contributed by atoms with E-state index in [1.54, 1.807) is 0 Å². The van der Waals surface area contributed by atoms with Crippen molar-refractivity contribution in [3.8, 4) is 0 Å². The number of rotatable bonds is 2. The number of carbonyl (C=O) groups excluding carboxylic acids is 1. The van der Waals surface area contributed by atoms with E-state index in [1.165, 1.54) is 0 Å². The number of aromatic nitrogens is 2. The summed E-state index contributed by atoms with van der Waals surface area (Å²) in [6.07, 6.45) is 1.04. The van der Waals surface area contributed by atoms with Crippen molar-refractivity contribution in [2.45, 2.75) is 0 Å². The maximum Gasteiger partial charge on any atom is 0.353 e. The molecule has 0 fully saturated rings. The van der Waals surface area contributed by atoms with Crippen LogP contribution in [-0.2, 0) is 0 Å². The van der Waals surface area contributed by atoms with Gasteiger partial charge < -0.3 is 15.8 Å². The number of carbonyl (C=O) groups is 1. The van der Waals surface area contributed by atoms with Crippen LogP contribution in [0.15, 0.2) is 6.33 Å². The Morgan fingerprint density at radius 2 is 2.45 bits per heavy atom. The third-order valence-corrected chi connectivity index (χ3v) is 1.04. The maximum absolute atomic E-state index is 10.4. The van der Waals surface area contributed by atoms with Crippen LogP contribution in [-0.4, -0.2) is 20.8 Å². The third kappa shape index (κ3) is 1.16. The Morgan fingerprint density at radius 1 is 1.82 bits per heavy atom. The largest absolute Gasteiger partial charge is 0.364 e. The molecule has 1 aromatic heterocycles. The molecular formula is C4H4N4O3. The molecule has 0 saturated heterocycles. The molecule has 0 saturated carbocycles. The van der Waals surface area contributed by atoms with E-state index in [1.807, 2.05) is 0 Å². The van der Waals surface area contributed by atoms with Gasteiger partial charge in [-0.05, 0) is 4.92 Å². The molecule has 3 N–H and O–H groups in total. The lowest BCUT2D eigenvalue weighted by atomic mass is 10.4. The highest BCUT2D eigenvalue weighted by molar-refractivity contribution is 5.94. The van der Waals surface area contributed by atoms with Crippen LogP contribution in [0.2, 0.25) is 0 Å². The van der Waals surface area contributed by atoms with E-state index in [9.17, 15) is 14.9 Å². The first-order chi connectivity index (χ1) is 5.13. The molecule has 1 amide bonds. The molecule has 1 heterocycles. The van der Waals surface area contributed by atoms with E-state index in [0.717, 1.165) is 6.33 Å². The van der Waals surface area contributed by atoms with Gasteiger partial charge in [-0.2, -0.15) is 0 Å². The molecule has 1 aromatic rings. The molecule has 0 aliphatic rings. The summed E-state index contributed by atoms with van der Waals surface area (Å²) in [5.41, 5.74) is 4.42. The first-order valence-electron chi connectivity index (χ1n) is 2.60. The van der Waals surface area contributed by atoms with Gasteiger partial charge in [0.25, 0.3) is 5.91 Å². The number of imidazole rings is 1. The highest BCUT2D eigenvalue weighted by atomic mass is 16.6. The van der Waals surface area contributed by atoms with Crippen molar-refractivity contribution in [3.63, 3.8) is 0 Å². The molecule has 7 nitrogen and oxygen atoms in total. The quantitative estimate of drug-likeness (QED) is 0.440. The average Bonchev–Trinajstić information content (AvgIpc) is 2.32. The smallest absolute Gasteiger partial charge is 0.353 e. The molecule has 0 radical (unpaired) electrons. The summed E-state index contributed by atoms with van der Waals surface area (Å²) in [5, 5.41) is 10.1. The average molecular weight is 156 g/mol. The fraction of sp³-hybridized carbons (Fsp3) is 0. The predicted molar refractivity (Wildman–Crippen MR) is 33.8 cm³/mol. The first-order valence-corrected chi connectivity index (χ1v) is 2.60. The summed E-state index contributed by atoms with van der Waals surface area (Å²) in [6, 6.07) is 0. The van der Waals surface area contributed by atoms with Gasteiger partial charge in [0.15, 0.2) is 6.33 Å². The number of amides is 1. The summed E-state index contributed by atoms with van der Waals surface area (Å²) < 4.78 is 0. The molecular weight excluding hydrogens is 152 g/mol. The molecule has 0 bridgehead atoms. The van der Waals surface area contributed by atoms with Crippen molar-refractivity contribution in [2.24, 2.45) is 5.73 Å². The monoisotopic (exact) mass is 156 g/mol. The van der Waals surface area contributed by atoms with Crippen LogP contribution >= 0.6 is 0 Å². The lowest BCUT2D eigenvalue weighted by Gasteiger charge is -1.90. The van der Waals surface area contributed by atoms with Crippen molar-refractivity contribution in [1.82, 2.24) is 9.97 Å². The van der Waals surface area contributed by atoms with E-state index < -0.39 is 16.6 Å². The lowest BCUT2D eigenvalue weighted by Crippen LogP contribution is -2.13. The molecule has 0 aromatic carbocycles. The number of nitrogens with zero attached hydrogens (tertiary/aromatic N) is 2. The maximum atomic E-state index is 10.4. The number of primary amides is 1. The minimum absolute atomic E-state index is 0.352. The molecule has 58 valence electrons. The zero-order chi connectivity index (χ0) is 8.43. The minimum atomic E-state index is -0.919. The number of nitrogens with one attached hydrogen (secondary N) is 1. The zero-order valence-electron chi connectivity index (χ0n) is 5.27. The number of H-pyrrole nitrogens is 1. The first kappa shape index (κ1) is 7.19. The fourth-order valence-corrected chi connectivity index (χ4v) is 0.607. The van der Waals surface area contributed by atoms with Crippen LogP contribution in [0.1, 0.15) is 10.5 Å². The number of nitro groups is 1. The Kier molecular flexibility index (Phi) is 1.55. The number of hydrogen-bond donors (Lipinski definition) is 2. The molecule has 0 atom stereocenters. The SMILES string of the molecule is NC(=O)c1nc[nH]c1[N+](=O)[O-]. The van der Waals surface area contributed by atoms with Crippen molar-refractivity contribution < 1.29 is 9.72 Å². The van der Waals surface area contributed by atoms with Crippen LogP contribution in [0, 0.1) is 10.1 Å². The van der Waals surface area contributed by atoms with Crippen LogP contribution < -0.4 is 5.73 Å².